The van der Waals surface area contributed by atoms with Gasteiger partial charge in [-0.1, -0.05) is 86.6 Å². The number of rotatable bonds is 13. The van der Waals surface area contributed by atoms with E-state index in [1.165, 1.54) is 0 Å². The van der Waals surface area contributed by atoms with Gasteiger partial charge in [-0.05, 0) is 65.4 Å². The van der Waals surface area contributed by atoms with Crippen molar-refractivity contribution >= 4 is 5.97 Å². The van der Waals surface area contributed by atoms with E-state index < -0.39 is 0 Å². The largest absolute Gasteiger partial charge is 0.497 e. The lowest BCUT2D eigenvalue weighted by atomic mass is 9.97. The molecule has 1 heterocycles. The number of benzene rings is 4. The van der Waals surface area contributed by atoms with Crippen molar-refractivity contribution in [2.45, 2.75) is 46.4 Å². The summed E-state index contributed by atoms with van der Waals surface area (Å²) >= 11 is 0. The first-order chi connectivity index (χ1) is 21.5. The van der Waals surface area contributed by atoms with Gasteiger partial charge in [0, 0.05) is 18.2 Å². The van der Waals surface area contributed by atoms with Gasteiger partial charge in [-0.15, -0.1) is 0 Å². The summed E-state index contributed by atoms with van der Waals surface area (Å²) in [5, 5.41) is 0. The molecule has 4 aromatic carbocycles. The second kappa shape index (κ2) is 14.5. The third-order valence-electron chi connectivity index (χ3n) is 7.45. The molecule has 0 aliphatic rings. The molecular weight excluding hydrogens is 550 g/mol. The Hall–Kier alpha value is -4.97. The zero-order valence-electron chi connectivity index (χ0n) is 25.8. The van der Waals surface area contributed by atoms with Crippen molar-refractivity contribution in [2.75, 3.05) is 13.7 Å². The van der Waals surface area contributed by atoms with Crippen LogP contribution in [0.3, 0.4) is 0 Å². The number of ether oxygens (including phenoxy) is 4. The molecule has 0 unspecified atom stereocenters. The first kappa shape index (κ1) is 30.5. The molecule has 0 atom stereocenters. The fourth-order valence-electron chi connectivity index (χ4n) is 5.11. The van der Waals surface area contributed by atoms with E-state index in [9.17, 15) is 4.79 Å². The number of esters is 1. The van der Waals surface area contributed by atoms with Crippen LogP contribution >= 0.6 is 0 Å². The van der Waals surface area contributed by atoms with Crippen molar-refractivity contribution in [1.29, 1.82) is 0 Å². The standard InChI is InChI=1S/C38H39NO5/c1-5-42-38(40)35-21-20-34(39(35)24-28-16-18-31(41-4)19-17-28)33-22-32(27(2)3)36(43-25-29-12-8-6-9-13-29)23-37(33)44-26-30-14-10-7-11-15-30/h6-23,27H,5,24-26H2,1-4H3. The molecule has 0 aliphatic carbocycles. The van der Waals surface area contributed by atoms with Crippen LogP contribution in [0.15, 0.2) is 109 Å². The minimum absolute atomic E-state index is 0.178. The number of carbonyl (C=O) groups excluding carboxylic acids is 1. The van der Waals surface area contributed by atoms with Crippen molar-refractivity contribution in [3.05, 3.63) is 137 Å². The van der Waals surface area contributed by atoms with Crippen LogP contribution < -0.4 is 14.2 Å². The van der Waals surface area contributed by atoms with Crippen LogP contribution in [-0.2, 0) is 24.5 Å². The summed E-state index contributed by atoms with van der Waals surface area (Å²) in [6, 6.07) is 36.0. The van der Waals surface area contributed by atoms with E-state index in [2.05, 4.69) is 32.0 Å². The first-order valence-corrected chi connectivity index (χ1v) is 15.0. The lowest BCUT2D eigenvalue weighted by Crippen LogP contribution is -2.14. The Morgan fingerprint density at radius 3 is 1.91 bits per heavy atom. The molecule has 0 radical (unpaired) electrons. The molecule has 6 heteroatoms. The molecule has 0 saturated carbocycles. The number of hydrogen-bond acceptors (Lipinski definition) is 5. The molecule has 6 nitrogen and oxygen atoms in total. The summed E-state index contributed by atoms with van der Waals surface area (Å²) in [5.41, 5.74) is 6.42. The SMILES string of the molecule is CCOC(=O)c1ccc(-c2cc(C(C)C)c(OCc3ccccc3)cc2OCc2ccccc2)n1Cc1ccc(OC)cc1. The van der Waals surface area contributed by atoms with Crippen molar-refractivity contribution in [3.63, 3.8) is 0 Å². The molecule has 5 aromatic rings. The van der Waals surface area contributed by atoms with Crippen molar-refractivity contribution in [2.24, 2.45) is 0 Å². The van der Waals surface area contributed by atoms with Crippen molar-refractivity contribution in [1.82, 2.24) is 4.57 Å². The maximum absolute atomic E-state index is 13.1. The summed E-state index contributed by atoms with van der Waals surface area (Å²) in [5.74, 6) is 2.03. The number of nitrogens with zero attached hydrogens (tertiary/aromatic N) is 1. The van der Waals surface area contributed by atoms with E-state index in [0.717, 1.165) is 45.0 Å². The topological polar surface area (TPSA) is 58.9 Å². The van der Waals surface area contributed by atoms with E-state index in [-0.39, 0.29) is 18.5 Å². The number of aromatic nitrogens is 1. The molecule has 5 rings (SSSR count). The highest BCUT2D eigenvalue weighted by Crippen LogP contribution is 2.41. The van der Waals surface area contributed by atoms with Gasteiger partial charge >= 0.3 is 5.97 Å². The maximum Gasteiger partial charge on any atom is 0.354 e. The Kier molecular flexibility index (Phi) is 10.0. The predicted octanol–water partition coefficient (Wildman–Crippen LogP) is 8.67. The van der Waals surface area contributed by atoms with Crippen LogP contribution in [-0.4, -0.2) is 24.3 Å². The second-order valence-electron chi connectivity index (χ2n) is 10.8. The van der Waals surface area contributed by atoms with Gasteiger partial charge in [-0.3, -0.25) is 0 Å². The molecule has 0 spiro atoms. The van der Waals surface area contributed by atoms with Crippen LogP contribution in [0.5, 0.6) is 17.2 Å². The Bertz CT molecular complexity index is 1660. The maximum atomic E-state index is 13.1. The molecule has 0 saturated heterocycles. The first-order valence-electron chi connectivity index (χ1n) is 15.0. The number of carbonyl (C=O) groups is 1. The smallest absolute Gasteiger partial charge is 0.354 e. The normalized spacial score (nSPS) is 10.9. The Morgan fingerprint density at radius 2 is 1.34 bits per heavy atom. The van der Waals surface area contributed by atoms with Gasteiger partial charge < -0.3 is 23.5 Å². The van der Waals surface area contributed by atoms with Gasteiger partial charge in [-0.2, -0.15) is 0 Å². The summed E-state index contributed by atoms with van der Waals surface area (Å²) in [6.07, 6.45) is 0. The highest BCUT2D eigenvalue weighted by atomic mass is 16.5. The zero-order chi connectivity index (χ0) is 30.9. The van der Waals surface area contributed by atoms with Gasteiger partial charge in [0.1, 0.15) is 36.2 Å². The molecule has 44 heavy (non-hydrogen) atoms. The van der Waals surface area contributed by atoms with Gasteiger partial charge in [-0.25, -0.2) is 4.79 Å². The highest BCUT2D eigenvalue weighted by Gasteiger charge is 2.23. The van der Waals surface area contributed by atoms with E-state index in [0.29, 0.717) is 31.2 Å². The monoisotopic (exact) mass is 589 g/mol. The van der Waals surface area contributed by atoms with Gasteiger partial charge in [0.05, 0.1) is 19.4 Å². The van der Waals surface area contributed by atoms with E-state index >= 15 is 0 Å². The minimum atomic E-state index is -0.370. The Balaban J connectivity index is 1.61. The molecule has 0 amide bonds. The summed E-state index contributed by atoms with van der Waals surface area (Å²) in [4.78, 5) is 13.1. The lowest BCUT2D eigenvalue weighted by Gasteiger charge is -2.21. The quantitative estimate of drug-likeness (QED) is 0.129. The predicted molar refractivity (Wildman–Crippen MR) is 174 cm³/mol. The molecule has 0 bridgehead atoms. The fourth-order valence-corrected chi connectivity index (χ4v) is 5.11. The van der Waals surface area contributed by atoms with Crippen LogP contribution in [0.4, 0.5) is 0 Å². The summed E-state index contributed by atoms with van der Waals surface area (Å²) < 4.78 is 25.8. The molecular formula is C38H39NO5. The molecule has 0 fully saturated rings. The minimum Gasteiger partial charge on any atom is -0.497 e. The van der Waals surface area contributed by atoms with E-state index in [1.807, 2.05) is 102 Å². The average Bonchev–Trinajstić information content (AvgIpc) is 3.47. The Labute approximate surface area is 259 Å². The third-order valence-corrected chi connectivity index (χ3v) is 7.45. The van der Waals surface area contributed by atoms with Crippen molar-refractivity contribution in [3.8, 4) is 28.5 Å². The van der Waals surface area contributed by atoms with Crippen LogP contribution in [0, 0.1) is 0 Å². The molecule has 0 aliphatic heterocycles. The van der Waals surface area contributed by atoms with E-state index in [1.54, 1.807) is 7.11 Å². The zero-order valence-corrected chi connectivity index (χ0v) is 25.8. The van der Waals surface area contributed by atoms with Gasteiger partial charge in [0.15, 0.2) is 0 Å². The van der Waals surface area contributed by atoms with E-state index in [4.69, 9.17) is 18.9 Å². The van der Waals surface area contributed by atoms with Gasteiger partial charge in [0.25, 0.3) is 0 Å². The van der Waals surface area contributed by atoms with Crippen LogP contribution in [0.2, 0.25) is 0 Å². The van der Waals surface area contributed by atoms with Gasteiger partial charge in [0.2, 0.25) is 0 Å². The third kappa shape index (κ3) is 7.32. The number of hydrogen-bond donors (Lipinski definition) is 0. The lowest BCUT2D eigenvalue weighted by molar-refractivity contribution is 0.0514. The molecule has 0 N–H and O–H groups in total. The summed E-state index contributed by atoms with van der Waals surface area (Å²) in [6.45, 7) is 7.70. The second-order valence-corrected chi connectivity index (χ2v) is 10.8. The number of methoxy groups -OCH3 is 1. The Morgan fingerprint density at radius 1 is 0.727 bits per heavy atom. The van der Waals surface area contributed by atoms with Crippen LogP contribution in [0.1, 0.15) is 59.4 Å². The highest BCUT2D eigenvalue weighted by molar-refractivity contribution is 5.90. The molecule has 1 aromatic heterocycles. The van der Waals surface area contributed by atoms with Crippen molar-refractivity contribution < 1.29 is 23.7 Å². The summed E-state index contributed by atoms with van der Waals surface area (Å²) in [7, 11) is 1.65. The molecule has 226 valence electrons. The average molecular weight is 590 g/mol. The van der Waals surface area contributed by atoms with Crippen LogP contribution in [0.25, 0.3) is 11.3 Å². The fraction of sp³-hybridized carbons (Fsp3) is 0.237.